The Balaban J connectivity index is 0.954. The first kappa shape index (κ1) is 42.8. The Morgan fingerprint density at radius 1 is 0.289 bits per heavy atom. The van der Waals surface area contributed by atoms with Gasteiger partial charge in [0.05, 0.1) is 0 Å². The normalized spacial score (nSPS) is 16.6. The Hall–Kier alpha value is -8.46. The lowest BCUT2D eigenvalue weighted by Crippen LogP contribution is -2.25. The molecule has 0 radical (unpaired) electrons. The predicted molar refractivity (Wildman–Crippen MR) is 316 cm³/mol. The zero-order valence-electron chi connectivity index (χ0n) is 42.8. The summed E-state index contributed by atoms with van der Waals surface area (Å²) in [7, 11) is 0. The molecule has 2 spiro atoms. The number of anilines is 4. The number of para-hydroxylation sites is 2. The van der Waals surface area contributed by atoms with Gasteiger partial charge in [0.2, 0.25) is 0 Å². The van der Waals surface area contributed by atoms with E-state index in [1.165, 1.54) is 144 Å². The Morgan fingerprint density at radius 3 is 1.09 bits per heavy atom. The smallest absolute Gasteiger partial charge is 0.0443 e. The molecular formula is C74H56N2. The summed E-state index contributed by atoms with van der Waals surface area (Å²) >= 11 is 0. The third-order valence-electron chi connectivity index (χ3n) is 19.2. The van der Waals surface area contributed by atoms with Gasteiger partial charge in [-0.05, 0) is 222 Å². The van der Waals surface area contributed by atoms with E-state index in [2.05, 4.69) is 228 Å². The van der Waals surface area contributed by atoms with E-state index in [1.807, 2.05) is 0 Å². The number of benzene rings is 11. The fourth-order valence-electron chi connectivity index (χ4n) is 16.0. The molecule has 76 heavy (non-hydrogen) atoms. The van der Waals surface area contributed by atoms with Crippen molar-refractivity contribution in [1.29, 1.82) is 0 Å². The minimum absolute atomic E-state index is 0.119. The molecule has 0 amide bonds. The summed E-state index contributed by atoms with van der Waals surface area (Å²) in [6.45, 7) is 1.99. The van der Waals surface area contributed by atoms with Crippen molar-refractivity contribution >= 4 is 44.3 Å². The van der Waals surface area contributed by atoms with Crippen molar-refractivity contribution in [3.63, 3.8) is 0 Å². The van der Waals surface area contributed by atoms with E-state index in [0.29, 0.717) is 0 Å². The van der Waals surface area contributed by atoms with E-state index >= 15 is 0 Å². The average molecular weight is 973 g/mol. The van der Waals surface area contributed by atoms with Crippen LogP contribution in [-0.2, 0) is 49.4 Å². The Kier molecular flexibility index (Phi) is 9.04. The van der Waals surface area contributed by atoms with E-state index in [4.69, 9.17) is 0 Å². The molecule has 0 bridgehead atoms. The summed E-state index contributed by atoms with van der Waals surface area (Å²) in [4.78, 5) is 5.20. The van der Waals surface area contributed by atoms with E-state index in [-0.39, 0.29) is 10.8 Å². The van der Waals surface area contributed by atoms with Gasteiger partial charge in [-0.1, -0.05) is 170 Å². The molecule has 0 fully saturated rings. The van der Waals surface area contributed by atoms with Gasteiger partial charge in [-0.2, -0.15) is 0 Å². The van der Waals surface area contributed by atoms with Gasteiger partial charge in [-0.3, -0.25) is 0 Å². The molecular weight excluding hydrogens is 917 g/mol. The van der Waals surface area contributed by atoms with Crippen molar-refractivity contribution < 1.29 is 0 Å². The summed E-state index contributed by atoms with van der Waals surface area (Å²) in [5.41, 5.74) is 30.4. The lowest BCUT2D eigenvalue weighted by Gasteiger charge is -2.33. The van der Waals surface area contributed by atoms with Crippen LogP contribution in [0.3, 0.4) is 0 Å². The van der Waals surface area contributed by atoms with Gasteiger partial charge in [0.15, 0.2) is 0 Å². The van der Waals surface area contributed by atoms with Crippen LogP contribution in [0.4, 0.5) is 22.7 Å². The van der Waals surface area contributed by atoms with Crippen LogP contribution in [0.5, 0.6) is 0 Å². The van der Waals surface area contributed by atoms with Crippen LogP contribution in [0, 0.1) is 0 Å². The summed E-state index contributed by atoms with van der Waals surface area (Å²) in [5.74, 6) is 0. The van der Waals surface area contributed by atoms with Crippen LogP contribution in [0.2, 0.25) is 0 Å². The average Bonchev–Trinajstić information content (AvgIpc) is 4.24. The van der Waals surface area contributed by atoms with Crippen molar-refractivity contribution in [2.45, 2.75) is 62.2 Å². The van der Waals surface area contributed by atoms with Gasteiger partial charge in [-0.15, -0.1) is 0 Å². The Morgan fingerprint density at radius 2 is 0.658 bits per heavy atom. The second-order valence-corrected chi connectivity index (χ2v) is 23.0. The zero-order chi connectivity index (χ0) is 49.7. The molecule has 2 heteroatoms. The largest absolute Gasteiger partial charge is 0.341 e. The minimum atomic E-state index is -0.119. The highest BCUT2D eigenvalue weighted by molar-refractivity contribution is 6.23. The van der Waals surface area contributed by atoms with Crippen LogP contribution in [0.1, 0.15) is 68.5 Å². The minimum Gasteiger partial charge on any atom is -0.341 e. The SMILES string of the molecule is c1ccc2c(c1)CC1(C2)c2ccccc2-c2ccc(-c3c4ccc(N5CCCc6ccccc65)cc4c(-c4ccc5c(c4)C4(Cc6ccccc6C4)c4ccccc4-5)c4ccc(N5CCCc6ccccc65)cc34)cc21. The monoisotopic (exact) mass is 972 g/mol. The molecule has 0 saturated heterocycles. The van der Waals surface area contributed by atoms with Crippen LogP contribution in [0.25, 0.3) is 66.1 Å². The van der Waals surface area contributed by atoms with Crippen molar-refractivity contribution in [2.75, 3.05) is 22.9 Å². The molecule has 17 rings (SSSR count). The molecule has 11 aromatic carbocycles. The maximum Gasteiger partial charge on any atom is 0.0443 e. The number of fused-ring (bicyclic) bond motifs is 16. The van der Waals surface area contributed by atoms with E-state index in [1.54, 1.807) is 0 Å². The highest BCUT2D eigenvalue weighted by atomic mass is 15.1. The Labute approximate surface area is 445 Å². The summed E-state index contributed by atoms with van der Waals surface area (Å²) in [6.07, 6.45) is 8.56. The van der Waals surface area contributed by atoms with Crippen LogP contribution in [-0.4, -0.2) is 13.1 Å². The molecule has 0 N–H and O–H groups in total. The van der Waals surface area contributed by atoms with Crippen LogP contribution >= 0.6 is 0 Å². The highest BCUT2D eigenvalue weighted by Crippen LogP contribution is 2.59. The maximum absolute atomic E-state index is 2.64. The molecule has 2 aliphatic heterocycles. The van der Waals surface area contributed by atoms with Crippen molar-refractivity contribution in [3.05, 3.63) is 274 Å². The molecule has 2 heterocycles. The first-order chi connectivity index (χ1) is 37.6. The highest BCUT2D eigenvalue weighted by Gasteiger charge is 2.49. The lowest BCUT2D eigenvalue weighted by atomic mass is 9.74. The summed E-state index contributed by atoms with van der Waals surface area (Å²) in [5, 5.41) is 5.23. The van der Waals surface area contributed by atoms with Crippen molar-refractivity contribution in [1.82, 2.24) is 0 Å². The molecule has 0 atom stereocenters. The Bertz CT molecular complexity index is 3960. The van der Waals surface area contributed by atoms with Crippen LogP contribution in [0.15, 0.2) is 218 Å². The lowest BCUT2D eigenvalue weighted by molar-refractivity contribution is 0.563. The molecule has 0 unspecified atom stereocenters. The van der Waals surface area contributed by atoms with Crippen molar-refractivity contribution in [2.24, 2.45) is 0 Å². The van der Waals surface area contributed by atoms with Gasteiger partial charge < -0.3 is 9.80 Å². The number of hydrogen-bond donors (Lipinski definition) is 0. The van der Waals surface area contributed by atoms with Gasteiger partial charge in [-0.25, -0.2) is 0 Å². The molecule has 362 valence electrons. The second kappa shape index (κ2) is 16.0. The predicted octanol–water partition coefficient (Wildman–Crippen LogP) is 17.6. The number of aryl methyl sites for hydroxylation is 2. The fourth-order valence-corrected chi connectivity index (χ4v) is 16.0. The third-order valence-corrected chi connectivity index (χ3v) is 19.2. The topological polar surface area (TPSA) is 6.48 Å². The quantitative estimate of drug-likeness (QED) is 0.162. The molecule has 0 saturated carbocycles. The summed E-state index contributed by atoms with van der Waals surface area (Å²) < 4.78 is 0. The second-order valence-electron chi connectivity index (χ2n) is 23.0. The number of rotatable bonds is 4. The third kappa shape index (κ3) is 5.99. The number of hydrogen-bond acceptors (Lipinski definition) is 2. The van der Waals surface area contributed by atoms with E-state index in [9.17, 15) is 0 Å². The van der Waals surface area contributed by atoms with Crippen LogP contribution < -0.4 is 9.80 Å². The molecule has 4 aliphatic carbocycles. The zero-order valence-corrected chi connectivity index (χ0v) is 42.8. The molecule has 6 aliphatic rings. The number of nitrogens with zero attached hydrogens (tertiary/aromatic N) is 2. The first-order valence-corrected chi connectivity index (χ1v) is 28.0. The fraction of sp³-hybridized carbons (Fsp3) is 0.162. The maximum atomic E-state index is 2.64. The molecule has 0 aromatic heterocycles. The van der Waals surface area contributed by atoms with E-state index in [0.717, 1.165) is 64.5 Å². The van der Waals surface area contributed by atoms with Gasteiger partial charge in [0.25, 0.3) is 0 Å². The van der Waals surface area contributed by atoms with Gasteiger partial charge in [0.1, 0.15) is 0 Å². The van der Waals surface area contributed by atoms with Crippen molar-refractivity contribution in [3.8, 4) is 44.5 Å². The standard InChI is InChI=1S/C74H56N2/c1-2-18-52-44-73(43-51(52)17-1)65-25-9-7-23-57(65)59-33-29-49(39-67(59)73)71-61-35-31-56(76-38-14-22-48-16-6-12-28-70(48)76)42-64(61)72(62-36-32-55(41-63(62)71)75-37-13-21-47-15-5-11-27-69(47)75)50-30-34-60-58-24-8-10-26-66(58)74(68(60)40-50)45-53-19-3-4-20-54(53)46-74/h1-12,15-20,23-36,39-42H,13-14,21-22,37-38,43-46H2. The van der Waals surface area contributed by atoms with Gasteiger partial charge >= 0.3 is 0 Å². The van der Waals surface area contributed by atoms with Gasteiger partial charge in [0, 0.05) is 46.7 Å². The molecule has 11 aromatic rings. The first-order valence-electron chi connectivity index (χ1n) is 28.0. The molecule has 2 nitrogen and oxygen atoms in total. The summed E-state index contributed by atoms with van der Waals surface area (Å²) in [6, 6.07) is 85.4. The van der Waals surface area contributed by atoms with E-state index < -0.39 is 0 Å².